The van der Waals surface area contributed by atoms with Gasteiger partial charge in [0.2, 0.25) is 5.91 Å². The van der Waals surface area contributed by atoms with Gasteiger partial charge in [0.1, 0.15) is 10.9 Å². The molecule has 0 aliphatic rings. The first-order valence-corrected chi connectivity index (χ1v) is 18.2. The summed E-state index contributed by atoms with van der Waals surface area (Å²) in [6.07, 6.45) is 1.62. The van der Waals surface area contributed by atoms with Crippen molar-refractivity contribution < 1.29 is 14.4 Å². The van der Waals surface area contributed by atoms with Crippen LogP contribution < -0.4 is 16.0 Å². The summed E-state index contributed by atoms with van der Waals surface area (Å²) >= 11 is 12.2. The van der Waals surface area contributed by atoms with Crippen LogP contribution in [-0.2, 0) is 9.59 Å². The maximum Gasteiger partial charge on any atom is 0.272 e. The zero-order chi connectivity index (χ0) is 34.9. The Hall–Kier alpha value is -5.00. The lowest BCUT2D eigenvalue weighted by Crippen LogP contribution is -2.30. The lowest BCUT2D eigenvalue weighted by Gasteiger charge is -2.17. The van der Waals surface area contributed by atoms with Crippen molar-refractivity contribution in [2.24, 2.45) is 0 Å². The second-order valence-corrected chi connectivity index (χ2v) is 14.2. The third-order valence-corrected chi connectivity index (χ3v) is 10.1. The van der Waals surface area contributed by atoms with Crippen molar-refractivity contribution in [3.8, 4) is 11.3 Å². The average Bonchev–Trinajstić information content (AvgIpc) is 3.60. The van der Waals surface area contributed by atoms with E-state index in [9.17, 15) is 14.4 Å². The van der Waals surface area contributed by atoms with E-state index in [1.165, 1.54) is 23.1 Å². The summed E-state index contributed by atoms with van der Waals surface area (Å²) in [5.41, 5.74) is 4.16. The minimum Gasteiger partial charge on any atom is -0.321 e. The van der Waals surface area contributed by atoms with Crippen LogP contribution in [-0.4, -0.2) is 22.7 Å². The van der Waals surface area contributed by atoms with Gasteiger partial charge in [-0.15, -0.1) is 23.1 Å². The quantitative estimate of drug-likeness (QED) is 0.0898. The molecule has 6 rings (SSSR count). The molecule has 0 bridgehead atoms. The topological polar surface area (TPSA) is 100 Å². The highest BCUT2D eigenvalue weighted by Gasteiger charge is 2.24. The van der Waals surface area contributed by atoms with E-state index in [2.05, 4.69) is 36.9 Å². The lowest BCUT2D eigenvalue weighted by molar-refractivity contribution is -0.116. The van der Waals surface area contributed by atoms with E-state index in [1.807, 2.05) is 84.2 Å². The second-order valence-electron chi connectivity index (χ2n) is 10.9. The molecule has 11 heteroatoms. The Morgan fingerprint density at radius 2 is 1.50 bits per heavy atom. The number of aromatic nitrogens is 1. The third kappa shape index (κ3) is 9.36. The van der Waals surface area contributed by atoms with E-state index in [-0.39, 0.29) is 11.6 Å². The number of nitrogens with zero attached hydrogens (tertiary/aromatic N) is 1. The summed E-state index contributed by atoms with van der Waals surface area (Å²) in [6, 6.07) is 40.1. The fraction of sp³-hybridized carbons (Fsp3) is 0.0256. The molecule has 1 unspecified atom stereocenters. The standard InChI is InChI=1S/C39H28BrClN4O3S2/c40-29-18-14-25(15-19-29)22-33(43-36(46)28-10-5-2-6-11-28)37(47)42-31-12-7-13-32(23-31)50-35(27-8-3-1-4-9-27)38(48)45-39-44-34(24-49-39)26-16-20-30(41)21-17-26/h1-24,35H,(H,42,47)(H,43,46)(H,44,45,48)/b33-22-. The van der Waals surface area contributed by atoms with Crippen molar-refractivity contribution in [3.63, 3.8) is 0 Å². The fourth-order valence-electron chi connectivity index (χ4n) is 4.81. The van der Waals surface area contributed by atoms with Gasteiger partial charge in [-0.05, 0) is 71.8 Å². The summed E-state index contributed by atoms with van der Waals surface area (Å²) in [4.78, 5) is 45.8. The van der Waals surface area contributed by atoms with Crippen molar-refractivity contribution in [1.82, 2.24) is 10.3 Å². The number of benzene rings is 5. The zero-order valence-electron chi connectivity index (χ0n) is 26.2. The van der Waals surface area contributed by atoms with Crippen molar-refractivity contribution in [1.29, 1.82) is 0 Å². The van der Waals surface area contributed by atoms with Crippen LogP contribution in [0, 0.1) is 0 Å². The normalized spacial score (nSPS) is 11.8. The number of hydrogen-bond donors (Lipinski definition) is 3. The van der Waals surface area contributed by atoms with Gasteiger partial charge in [0.05, 0.1) is 5.69 Å². The van der Waals surface area contributed by atoms with E-state index in [0.29, 0.717) is 21.4 Å². The highest BCUT2D eigenvalue weighted by molar-refractivity contribution is 9.10. The average molecular weight is 780 g/mol. The number of carbonyl (C=O) groups is 3. The van der Waals surface area contributed by atoms with Crippen LogP contribution >= 0.6 is 50.6 Å². The predicted molar refractivity (Wildman–Crippen MR) is 207 cm³/mol. The van der Waals surface area contributed by atoms with Gasteiger partial charge in [0.15, 0.2) is 5.13 Å². The molecule has 6 aromatic rings. The third-order valence-electron chi connectivity index (χ3n) is 7.27. The molecule has 0 aliphatic carbocycles. The van der Waals surface area contributed by atoms with Crippen LogP contribution in [0.5, 0.6) is 0 Å². The van der Waals surface area contributed by atoms with E-state index in [0.717, 1.165) is 31.8 Å². The fourth-order valence-corrected chi connectivity index (χ4v) is 7.00. The Labute approximate surface area is 311 Å². The molecule has 7 nitrogen and oxygen atoms in total. The number of nitrogens with one attached hydrogen (secondary N) is 3. The molecule has 248 valence electrons. The Bertz CT molecular complexity index is 2140. The Morgan fingerprint density at radius 3 is 2.22 bits per heavy atom. The summed E-state index contributed by atoms with van der Waals surface area (Å²) in [5, 5.41) is 11.0. The van der Waals surface area contributed by atoms with Crippen LogP contribution in [0.3, 0.4) is 0 Å². The van der Waals surface area contributed by atoms with Gasteiger partial charge in [0, 0.05) is 36.6 Å². The number of thiazole rings is 1. The number of halogens is 2. The van der Waals surface area contributed by atoms with E-state index < -0.39 is 17.1 Å². The molecule has 1 heterocycles. The van der Waals surface area contributed by atoms with Gasteiger partial charge in [-0.25, -0.2) is 4.98 Å². The van der Waals surface area contributed by atoms with Crippen LogP contribution in [0.25, 0.3) is 17.3 Å². The number of amides is 3. The number of anilines is 2. The molecular weight excluding hydrogens is 752 g/mol. The van der Waals surface area contributed by atoms with E-state index in [1.54, 1.807) is 60.7 Å². The van der Waals surface area contributed by atoms with Crippen molar-refractivity contribution >= 4 is 85.2 Å². The molecule has 0 fully saturated rings. The van der Waals surface area contributed by atoms with Gasteiger partial charge in [-0.1, -0.05) is 106 Å². The molecule has 1 aromatic heterocycles. The highest BCUT2D eigenvalue weighted by Crippen LogP contribution is 2.38. The van der Waals surface area contributed by atoms with Gasteiger partial charge < -0.3 is 16.0 Å². The molecule has 0 aliphatic heterocycles. The van der Waals surface area contributed by atoms with E-state index >= 15 is 0 Å². The Kier molecular flexibility index (Phi) is 11.6. The summed E-state index contributed by atoms with van der Waals surface area (Å²) in [7, 11) is 0. The highest BCUT2D eigenvalue weighted by atomic mass is 79.9. The van der Waals surface area contributed by atoms with Crippen molar-refractivity contribution in [2.45, 2.75) is 10.1 Å². The first-order chi connectivity index (χ1) is 24.3. The smallest absolute Gasteiger partial charge is 0.272 e. The largest absolute Gasteiger partial charge is 0.321 e. The lowest BCUT2D eigenvalue weighted by atomic mass is 10.1. The predicted octanol–water partition coefficient (Wildman–Crippen LogP) is 10.1. The van der Waals surface area contributed by atoms with Gasteiger partial charge in [-0.3, -0.25) is 14.4 Å². The number of carbonyl (C=O) groups excluding carboxylic acids is 3. The molecular formula is C39H28BrClN4O3S2. The maximum absolute atomic E-state index is 13.8. The molecule has 0 saturated heterocycles. The maximum atomic E-state index is 13.8. The van der Waals surface area contributed by atoms with Crippen molar-refractivity contribution in [2.75, 3.05) is 10.6 Å². The number of rotatable bonds is 11. The van der Waals surface area contributed by atoms with Gasteiger partial charge >= 0.3 is 0 Å². The van der Waals surface area contributed by atoms with Crippen molar-refractivity contribution in [3.05, 3.63) is 171 Å². The summed E-state index contributed by atoms with van der Waals surface area (Å²) in [6.45, 7) is 0. The molecule has 0 radical (unpaired) electrons. The Balaban J connectivity index is 1.20. The monoisotopic (exact) mass is 778 g/mol. The van der Waals surface area contributed by atoms with Crippen LogP contribution in [0.1, 0.15) is 26.7 Å². The molecule has 50 heavy (non-hydrogen) atoms. The Morgan fingerprint density at radius 1 is 0.800 bits per heavy atom. The molecule has 3 amide bonds. The molecule has 1 atom stereocenters. The van der Waals surface area contributed by atoms with Gasteiger partial charge in [-0.2, -0.15) is 0 Å². The SMILES string of the molecule is O=C(Nc1cccc(SC(C(=O)Nc2nc(-c3ccc(Cl)cc3)cs2)c2ccccc2)c1)/C(=C/c1ccc(Br)cc1)NC(=O)c1ccccc1. The van der Waals surface area contributed by atoms with E-state index in [4.69, 9.17) is 11.6 Å². The first-order valence-electron chi connectivity index (χ1n) is 15.3. The number of hydrogen-bond acceptors (Lipinski definition) is 6. The minimum atomic E-state index is -0.622. The summed E-state index contributed by atoms with van der Waals surface area (Å²) in [5.74, 6) is -1.15. The first kappa shape index (κ1) is 34.8. The molecule has 3 N–H and O–H groups in total. The molecule has 0 saturated carbocycles. The second kappa shape index (κ2) is 16.6. The summed E-state index contributed by atoms with van der Waals surface area (Å²) < 4.78 is 0.889. The number of thioether (sulfide) groups is 1. The minimum absolute atomic E-state index is 0.0715. The van der Waals surface area contributed by atoms with Crippen LogP contribution in [0.4, 0.5) is 10.8 Å². The zero-order valence-corrected chi connectivity index (χ0v) is 30.2. The van der Waals surface area contributed by atoms with Crippen LogP contribution in [0.15, 0.2) is 154 Å². The molecule has 0 spiro atoms. The molecule has 5 aromatic carbocycles. The van der Waals surface area contributed by atoms with Crippen LogP contribution in [0.2, 0.25) is 5.02 Å². The van der Waals surface area contributed by atoms with Gasteiger partial charge in [0.25, 0.3) is 11.8 Å².